The maximum Gasteiger partial charge on any atom is 0.0960 e. The Bertz CT molecular complexity index is 647. The molecule has 0 aliphatic carbocycles. The van der Waals surface area contributed by atoms with Crippen molar-refractivity contribution < 1.29 is 0 Å². The Morgan fingerprint density at radius 3 is 2.91 bits per heavy atom. The SMILES string of the molecule is Clc1ccc2c(c1)ncn2C1CCNC(N2CCCCC2)C1. The van der Waals surface area contributed by atoms with Gasteiger partial charge in [-0.25, -0.2) is 4.98 Å². The van der Waals surface area contributed by atoms with Crippen LogP contribution in [-0.4, -0.2) is 40.3 Å². The average Bonchev–Trinajstić information content (AvgIpc) is 2.99. The summed E-state index contributed by atoms with van der Waals surface area (Å²) in [6.07, 6.45) is 8.91. The zero-order chi connectivity index (χ0) is 14.9. The predicted octanol–water partition coefficient (Wildman–Crippen LogP) is 3.43. The van der Waals surface area contributed by atoms with E-state index in [4.69, 9.17) is 11.6 Å². The zero-order valence-corrected chi connectivity index (χ0v) is 13.6. The third-order valence-corrected chi connectivity index (χ3v) is 5.35. The molecule has 3 heterocycles. The molecule has 1 aromatic heterocycles. The second-order valence-electron chi connectivity index (χ2n) is 6.53. The van der Waals surface area contributed by atoms with Crippen molar-refractivity contribution in [2.75, 3.05) is 19.6 Å². The number of likely N-dealkylation sites (tertiary alicyclic amines) is 1. The van der Waals surface area contributed by atoms with Crippen molar-refractivity contribution in [1.82, 2.24) is 19.8 Å². The molecule has 2 aliphatic heterocycles. The molecule has 2 aromatic rings. The van der Waals surface area contributed by atoms with Gasteiger partial charge in [-0.15, -0.1) is 0 Å². The van der Waals surface area contributed by atoms with Gasteiger partial charge in [-0.1, -0.05) is 18.0 Å². The molecule has 0 bridgehead atoms. The fourth-order valence-corrected chi connectivity index (χ4v) is 4.10. The Labute approximate surface area is 136 Å². The largest absolute Gasteiger partial charge is 0.327 e. The number of benzene rings is 1. The van der Waals surface area contributed by atoms with Gasteiger partial charge >= 0.3 is 0 Å². The van der Waals surface area contributed by atoms with Gasteiger partial charge in [-0.05, 0) is 63.5 Å². The first-order valence-corrected chi connectivity index (χ1v) is 8.78. The summed E-state index contributed by atoms with van der Waals surface area (Å²) < 4.78 is 2.35. The number of halogens is 1. The first kappa shape index (κ1) is 14.5. The van der Waals surface area contributed by atoms with Gasteiger partial charge in [0.05, 0.1) is 23.5 Å². The minimum absolute atomic E-state index is 0.517. The summed E-state index contributed by atoms with van der Waals surface area (Å²) in [5.74, 6) is 0. The highest BCUT2D eigenvalue weighted by Gasteiger charge is 2.28. The van der Waals surface area contributed by atoms with Crippen molar-refractivity contribution >= 4 is 22.6 Å². The molecular formula is C17H23ClN4. The molecule has 2 unspecified atom stereocenters. The molecule has 118 valence electrons. The summed E-state index contributed by atoms with van der Waals surface area (Å²) in [5.41, 5.74) is 2.20. The molecule has 4 rings (SSSR count). The van der Waals surface area contributed by atoms with Crippen LogP contribution in [0.4, 0.5) is 0 Å². The molecule has 0 saturated carbocycles. The number of rotatable bonds is 2. The van der Waals surface area contributed by atoms with Crippen molar-refractivity contribution in [2.24, 2.45) is 0 Å². The van der Waals surface area contributed by atoms with Gasteiger partial charge in [0, 0.05) is 11.1 Å². The van der Waals surface area contributed by atoms with Crippen molar-refractivity contribution in [2.45, 2.75) is 44.3 Å². The number of nitrogens with zero attached hydrogens (tertiary/aromatic N) is 3. The molecule has 4 nitrogen and oxygen atoms in total. The van der Waals surface area contributed by atoms with Crippen LogP contribution in [0, 0.1) is 0 Å². The minimum atomic E-state index is 0.517. The summed E-state index contributed by atoms with van der Waals surface area (Å²) in [4.78, 5) is 7.17. The highest BCUT2D eigenvalue weighted by atomic mass is 35.5. The van der Waals surface area contributed by atoms with Gasteiger partial charge < -0.3 is 9.88 Å². The number of fused-ring (bicyclic) bond motifs is 1. The van der Waals surface area contributed by atoms with Crippen LogP contribution in [0.5, 0.6) is 0 Å². The zero-order valence-electron chi connectivity index (χ0n) is 12.8. The first-order chi connectivity index (χ1) is 10.8. The van der Waals surface area contributed by atoms with Crippen molar-refractivity contribution in [3.63, 3.8) is 0 Å². The van der Waals surface area contributed by atoms with Gasteiger partial charge in [-0.3, -0.25) is 4.90 Å². The smallest absolute Gasteiger partial charge is 0.0960 e. The van der Waals surface area contributed by atoms with Gasteiger partial charge in [0.15, 0.2) is 0 Å². The summed E-state index contributed by atoms with van der Waals surface area (Å²) >= 11 is 6.07. The number of hydrogen-bond acceptors (Lipinski definition) is 3. The highest BCUT2D eigenvalue weighted by Crippen LogP contribution is 2.29. The molecule has 0 radical (unpaired) electrons. The lowest BCUT2D eigenvalue weighted by atomic mass is 10.0. The van der Waals surface area contributed by atoms with Gasteiger partial charge in [0.1, 0.15) is 0 Å². The fraction of sp³-hybridized carbons (Fsp3) is 0.588. The molecule has 0 amide bonds. The third kappa shape index (κ3) is 2.75. The molecule has 5 heteroatoms. The molecule has 1 N–H and O–H groups in total. The quantitative estimate of drug-likeness (QED) is 0.921. The summed E-state index contributed by atoms with van der Waals surface area (Å²) in [5, 5.41) is 4.47. The van der Waals surface area contributed by atoms with Gasteiger partial charge in [0.25, 0.3) is 0 Å². The van der Waals surface area contributed by atoms with E-state index < -0.39 is 0 Å². The van der Waals surface area contributed by atoms with Gasteiger partial charge in [0.2, 0.25) is 0 Å². The van der Waals surface area contributed by atoms with Crippen molar-refractivity contribution in [3.05, 3.63) is 29.5 Å². The summed E-state index contributed by atoms with van der Waals surface area (Å²) in [6, 6.07) is 6.55. The Morgan fingerprint density at radius 2 is 2.05 bits per heavy atom. The summed E-state index contributed by atoms with van der Waals surface area (Å²) in [6.45, 7) is 3.56. The van der Waals surface area contributed by atoms with Crippen LogP contribution >= 0.6 is 11.6 Å². The molecular weight excluding hydrogens is 296 g/mol. The van der Waals surface area contributed by atoms with E-state index in [1.165, 1.54) is 44.3 Å². The van der Waals surface area contributed by atoms with Crippen molar-refractivity contribution in [3.8, 4) is 0 Å². The molecule has 2 fully saturated rings. The molecule has 1 aromatic carbocycles. The molecule has 0 spiro atoms. The lowest BCUT2D eigenvalue weighted by molar-refractivity contribution is 0.0960. The molecule has 2 atom stereocenters. The van der Waals surface area contributed by atoms with Crippen LogP contribution in [0.25, 0.3) is 11.0 Å². The molecule has 2 aliphatic rings. The Hall–Kier alpha value is -1.10. The van der Waals surface area contributed by atoms with Crippen LogP contribution in [-0.2, 0) is 0 Å². The average molecular weight is 319 g/mol. The number of hydrogen-bond donors (Lipinski definition) is 1. The Balaban J connectivity index is 1.55. The monoisotopic (exact) mass is 318 g/mol. The van der Waals surface area contributed by atoms with Crippen LogP contribution in [0.15, 0.2) is 24.5 Å². The van der Waals surface area contributed by atoms with Crippen LogP contribution in [0.1, 0.15) is 38.1 Å². The van der Waals surface area contributed by atoms with Crippen molar-refractivity contribution in [1.29, 1.82) is 0 Å². The minimum Gasteiger partial charge on any atom is -0.327 e. The topological polar surface area (TPSA) is 33.1 Å². The van der Waals surface area contributed by atoms with Crippen LogP contribution in [0.2, 0.25) is 5.02 Å². The van der Waals surface area contributed by atoms with E-state index in [9.17, 15) is 0 Å². The second kappa shape index (κ2) is 6.19. The molecule has 22 heavy (non-hydrogen) atoms. The predicted molar refractivity (Wildman–Crippen MR) is 90.2 cm³/mol. The second-order valence-corrected chi connectivity index (χ2v) is 6.97. The number of nitrogens with one attached hydrogen (secondary N) is 1. The standard InChI is InChI=1S/C17H23ClN4/c18-13-4-5-16-15(10-13)20-12-22(16)14-6-7-19-17(11-14)21-8-2-1-3-9-21/h4-5,10,12,14,17,19H,1-3,6-9,11H2. The Morgan fingerprint density at radius 1 is 1.18 bits per heavy atom. The maximum atomic E-state index is 6.07. The van der Waals surface area contributed by atoms with E-state index in [2.05, 4.69) is 25.8 Å². The van der Waals surface area contributed by atoms with E-state index in [0.29, 0.717) is 12.2 Å². The third-order valence-electron chi connectivity index (χ3n) is 5.11. The first-order valence-electron chi connectivity index (χ1n) is 8.41. The summed E-state index contributed by atoms with van der Waals surface area (Å²) in [7, 11) is 0. The van der Waals surface area contributed by atoms with Crippen LogP contribution in [0.3, 0.4) is 0 Å². The number of aromatic nitrogens is 2. The van der Waals surface area contributed by atoms with Gasteiger partial charge in [-0.2, -0.15) is 0 Å². The van der Waals surface area contributed by atoms with Crippen LogP contribution < -0.4 is 5.32 Å². The van der Waals surface area contributed by atoms with E-state index in [-0.39, 0.29) is 0 Å². The molecule has 2 saturated heterocycles. The van der Waals surface area contributed by atoms with E-state index in [1.807, 2.05) is 18.5 Å². The lowest BCUT2D eigenvalue weighted by Crippen LogP contribution is -2.52. The fourth-order valence-electron chi connectivity index (χ4n) is 3.93. The number of imidazole rings is 1. The van der Waals surface area contributed by atoms with E-state index >= 15 is 0 Å². The number of piperidine rings is 2. The Kier molecular flexibility index (Phi) is 4.07. The van der Waals surface area contributed by atoms with E-state index in [0.717, 1.165) is 23.5 Å². The van der Waals surface area contributed by atoms with E-state index in [1.54, 1.807) is 0 Å². The maximum absolute atomic E-state index is 6.07. The normalized spacial score (nSPS) is 27.3. The lowest BCUT2D eigenvalue weighted by Gasteiger charge is -2.40. The highest BCUT2D eigenvalue weighted by molar-refractivity contribution is 6.31.